The highest BCUT2D eigenvalue weighted by Crippen LogP contribution is 2.31. The molecule has 1 aliphatic rings. The number of aromatic amines is 1. The average Bonchev–Trinajstić information content (AvgIpc) is 2.91. The number of likely N-dealkylation sites (tertiary alicyclic amines) is 1. The minimum atomic E-state index is 0.113. The number of carbonyl (C=O) groups excluding carboxylic acids is 1. The molecule has 1 aromatic carbocycles. The van der Waals surface area contributed by atoms with Crippen LogP contribution in [-0.4, -0.2) is 28.9 Å². The summed E-state index contributed by atoms with van der Waals surface area (Å²) in [6.07, 6.45) is 2.85. The van der Waals surface area contributed by atoms with Crippen LogP contribution < -0.4 is 5.73 Å². The van der Waals surface area contributed by atoms with Crippen molar-refractivity contribution in [2.75, 3.05) is 18.8 Å². The molecule has 3 rings (SSSR count). The van der Waals surface area contributed by atoms with E-state index in [4.69, 9.17) is 5.73 Å². The molecule has 100 valence electrons. The van der Waals surface area contributed by atoms with Crippen LogP contribution in [0.25, 0.3) is 10.9 Å². The number of rotatable bonds is 1. The summed E-state index contributed by atoms with van der Waals surface area (Å²) in [5.74, 6) is 0.113. The van der Waals surface area contributed by atoms with Gasteiger partial charge in [-0.1, -0.05) is 13.8 Å². The molecule has 0 atom stereocenters. The van der Waals surface area contributed by atoms with E-state index in [0.29, 0.717) is 5.69 Å². The Hall–Kier alpha value is -1.97. The van der Waals surface area contributed by atoms with E-state index in [2.05, 4.69) is 18.8 Å². The summed E-state index contributed by atoms with van der Waals surface area (Å²) in [7, 11) is 0. The first-order valence-electron chi connectivity index (χ1n) is 6.62. The van der Waals surface area contributed by atoms with Gasteiger partial charge in [-0.25, -0.2) is 0 Å². The summed E-state index contributed by atoms with van der Waals surface area (Å²) in [4.78, 5) is 17.6. The van der Waals surface area contributed by atoms with Crippen molar-refractivity contribution in [2.24, 2.45) is 5.41 Å². The fourth-order valence-electron chi connectivity index (χ4n) is 2.78. The van der Waals surface area contributed by atoms with Gasteiger partial charge in [-0.15, -0.1) is 0 Å². The zero-order chi connectivity index (χ0) is 13.6. The number of H-pyrrole nitrogens is 1. The van der Waals surface area contributed by atoms with Crippen molar-refractivity contribution >= 4 is 22.5 Å². The first-order chi connectivity index (χ1) is 8.96. The number of hydrogen-bond acceptors (Lipinski definition) is 2. The monoisotopic (exact) mass is 257 g/mol. The Morgan fingerprint density at radius 3 is 2.89 bits per heavy atom. The number of nitrogens with two attached hydrogens (primary N) is 1. The first-order valence-corrected chi connectivity index (χ1v) is 6.62. The highest BCUT2D eigenvalue weighted by atomic mass is 16.2. The van der Waals surface area contributed by atoms with Gasteiger partial charge in [-0.3, -0.25) is 4.79 Å². The third kappa shape index (κ3) is 2.07. The molecular weight excluding hydrogens is 238 g/mol. The number of nitrogen functional groups attached to an aromatic ring is 1. The molecule has 3 N–H and O–H groups in total. The van der Waals surface area contributed by atoms with Crippen LogP contribution in [-0.2, 0) is 0 Å². The van der Waals surface area contributed by atoms with Crippen LogP contribution >= 0.6 is 0 Å². The number of amides is 1. The number of nitrogens with zero attached hydrogens (tertiary/aromatic N) is 1. The molecule has 1 aromatic heterocycles. The van der Waals surface area contributed by atoms with Crippen LogP contribution in [0.1, 0.15) is 30.6 Å². The molecule has 0 unspecified atom stereocenters. The van der Waals surface area contributed by atoms with E-state index >= 15 is 0 Å². The van der Waals surface area contributed by atoms with Crippen LogP contribution in [0.5, 0.6) is 0 Å². The minimum absolute atomic E-state index is 0.113. The maximum absolute atomic E-state index is 12.6. The number of fused-ring (bicyclic) bond motifs is 1. The molecule has 2 heterocycles. The van der Waals surface area contributed by atoms with Gasteiger partial charge in [-0.2, -0.15) is 0 Å². The fourth-order valence-corrected chi connectivity index (χ4v) is 2.78. The molecule has 0 spiro atoms. The van der Waals surface area contributed by atoms with E-state index in [1.165, 1.54) is 0 Å². The van der Waals surface area contributed by atoms with Crippen molar-refractivity contribution in [3.8, 4) is 0 Å². The molecule has 1 aliphatic heterocycles. The molecule has 4 nitrogen and oxygen atoms in total. The molecule has 19 heavy (non-hydrogen) atoms. The Labute approximate surface area is 112 Å². The van der Waals surface area contributed by atoms with Crippen LogP contribution in [0.2, 0.25) is 0 Å². The topological polar surface area (TPSA) is 62.1 Å². The van der Waals surface area contributed by atoms with Crippen molar-refractivity contribution in [2.45, 2.75) is 20.3 Å². The SMILES string of the molecule is CC1(C)CCN(C(=O)c2c[nH]c3cc(N)ccc23)C1. The molecule has 1 fully saturated rings. The van der Waals surface area contributed by atoms with Gasteiger partial charge in [-0.05, 0) is 30.0 Å². The molecular formula is C15H19N3O. The highest BCUT2D eigenvalue weighted by Gasteiger charge is 2.33. The molecule has 4 heteroatoms. The van der Waals surface area contributed by atoms with Gasteiger partial charge in [0.2, 0.25) is 0 Å². The first kappa shape index (κ1) is 12.1. The standard InChI is InChI=1S/C15H19N3O/c1-15(2)5-6-18(9-15)14(19)12-8-17-13-7-10(16)3-4-11(12)13/h3-4,7-8,17H,5-6,9,16H2,1-2H3. The lowest BCUT2D eigenvalue weighted by molar-refractivity contribution is 0.0780. The van der Waals surface area contributed by atoms with Crippen molar-refractivity contribution < 1.29 is 4.79 Å². The van der Waals surface area contributed by atoms with Gasteiger partial charge in [0.1, 0.15) is 0 Å². The number of carbonyl (C=O) groups is 1. The van der Waals surface area contributed by atoms with Crippen molar-refractivity contribution in [3.63, 3.8) is 0 Å². The molecule has 0 aliphatic carbocycles. The number of benzene rings is 1. The van der Waals surface area contributed by atoms with Gasteiger partial charge in [0.05, 0.1) is 5.56 Å². The normalized spacial score (nSPS) is 18.1. The molecule has 2 aromatic rings. The lowest BCUT2D eigenvalue weighted by Crippen LogP contribution is -2.30. The molecule has 1 saturated heterocycles. The third-order valence-corrected chi connectivity index (χ3v) is 3.90. The van der Waals surface area contributed by atoms with Gasteiger partial charge in [0.25, 0.3) is 5.91 Å². The van der Waals surface area contributed by atoms with Crippen LogP contribution in [0, 0.1) is 5.41 Å². The Balaban J connectivity index is 1.94. The molecule has 1 amide bonds. The summed E-state index contributed by atoms with van der Waals surface area (Å²) < 4.78 is 0. The van der Waals surface area contributed by atoms with Gasteiger partial charge >= 0.3 is 0 Å². The lowest BCUT2D eigenvalue weighted by Gasteiger charge is -2.19. The van der Waals surface area contributed by atoms with Crippen LogP contribution in [0.4, 0.5) is 5.69 Å². The second-order valence-corrected chi connectivity index (χ2v) is 6.15. The van der Waals surface area contributed by atoms with Gasteiger partial charge in [0, 0.05) is 35.9 Å². The summed E-state index contributed by atoms with van der Waals surface area (Å²) >= 11 is 0. The van der Waals surface area contributed by atoms with Crippen molar-refractivity contribution in [3.05, 3.63) is 30.0 Å². The van der Waals surface area contributed by atoms with E-state index in [1.54, 1.807) is 6.20 Å². The second-order valence-electron chi connectivity index (χ2n) is 6.15. The van der Waals surface area contributed by atoms with E-state index < -0.39 is 0 Å². The summed E-state index contributed by atoms with van der Waals surface area (Å²) in [5, 5.41) is 0.948. The number of nitrogens with one attached hydrogen (secondary N) is 1. The zero-order valence-electron chi connectivity index (χ0n) is 11.4. The summed E-state index contributed by atoms with van der Waals surface area (Å²) in [6, 6.07) is 5.61. The maximum atomic E-state index is 12.6. The quantitative estimate of drug-likeness (QED) is 0.771. The lowest BCUT2D eigenvalue weighted by atomic mass is 9.93. The van der Waals surface area contributed by atoms with E-state index in [9.17, 15) is 4.79 Å². The highest BCUT2D eigenvalue weighted by molar-refractivity contribution is 6.07. The molecule has 0 radical (unpaired) electrons. The average molecular weight is 257 g/mol. The third-order valence-electron chi connectivity index (χ3n) is 3.90. The number of hydrogen-bond donors (Lipinski definition) is 2. The van der Waals surface area contributed by atoms with Crippen LogP contribution in [0.15, 0.2) is 24.4 Å². The Bertz CT molecular complexity index is 642. The predicted octanol–water partition coefficient (Wildman–Crippen LogP) is 2.62. The van der Waals surface area contributed by atoms with E-state index in [1.807, 2.05) is 23.1 Å². The van der Waals surface area contributed by atoms with E-state index in [0.717, 1.165) is 36.0 Å². The van der Waals surface area contributed by atoms with Crippen LogP contribution in [0.3, 0.4) is 0 Å². The zero-order valence-corrected chi connectivity index (χ0v) is 11.4. The second kappa shape index (κ2) is 4.02. The fraction of sp³-hybridized carbons (Fsp3) is 0.400. The Kier molecular flexibility index (Phi) is 2.55. The van der Waals surface area contributed by atoms with E-state index in [-0.39, 0.29) is 11.3 Å². The maximum Gasteiger partial charge on any atom is 0.256 e. The van der Waals surface area contributed by atoms with Crippen molar-refractivity contribution in [1.82, 2.24) is 9.88 Å². The Morgan fingerprint density at radius 1 is 1.42 bits per heavy atom. The van der Waals surface area contributed by atoms with Gasteiger partial charge < -0.3 is 15.6 Å². The smallest absolute Gasteiger partial charge is 0.256 e. The summed E-state index contributed by atoms with van der Waals surface area (Å²) in [5.41, 5.74) is 8.35. The molecule has 0 bridgehead atoms. The largest absolute Gasteiger partial charge is 0.399 e. The molecule has 0 saturated carbocycles. The minimum Gasteiger partial charge on any atom is -0.399 e. The summed E-state index contributed by atoms with van der Waals surface area (Å²) in [6.45, 7) is 6.08. The predicted molar refractivity (Wildman–Crippen MR) is 77.0 cm³/mol. The van der Waals surface area contributed by atoms with Gasteiger partial charge in [0.15, 0.2) is 0 Å². The Morgan fingerprint density at radius 2 is 2.21 bits per heavy atom. The number of anilines is 1. The number of aromatic nitrogens is 1. The van der Waals surface area contributed by atoms with Crippen molar-refractivity contribution in [1.29, 1.82) is 0 Å².